The van der Waals surface area contributed by atoms with E-state index < -0.39 is 0 Å². The van der Waals surface area contributed by atoms with E-state index in [0.717, 1.165) is 5.56 Å². The Kier molecular flexibility index (Phi) is 5.87. The fourth-order valence-electron chi connectivity index (χ4n) is 1.50. The van der Waals surface area contributed by atoms with E-state index >= 15 is 0 Å². The van der Waals surface area contributed by atoms with Crippen molar-refractivity contribution in [1.82, 2.24) is 5.32 Å². The van der Waals surface area contributed by atoms with Crippen molar-refractivity contribution < 1.29 is 4.39 Å². The van der Waals surface area contributed by atoms with Crippen LogP contribution < -0.4 is 5.32 Å². The second-order valence-corrected chi connectivity index (χ2v) is 7.84. The molecule has 0 heterocycles. The highest BCUT2D eigenvalue weighted by atomic mass is 32.2. The molecule has 0 fully saturated rings. The van der Waals surface area contributed by atoms with Crippen molar-refractivity contribution in [3.8, 4) is 0 Å². The normalized spacial score (nSPS) is 13.9. The smallest absolute Gasteiger partial charge is 0.123 e. The van der Waals surface area contributed by atoms with E-state index in [1.165, 1.54) is 4.90 Å². The third-order valence-electron chi connectivity index (χ3n) is 3.08. The Labute approximate surface area is 121 Å². The molecule has 0 spiro atoms. The number of hydrogen-bond acceptors (Lipinski definition) is 2. The molecule has 0 aliphatic heterocycles. The van der Waals surface area contributed by atoms with E-state index in [0.29, 0.717) is 17.7 Å². The number of hydrogen-bond donors (Lipinski definition) is 1. The van der Waals surface area contributed by atoms with Crippen LogP contribution in [0.3, 0.4) is 0 Å². The molecule has 0 amide bonds. The maximum Gasteiger partial charge on any atom is 0.123 e. The zero-order valence-corrected chi connectivity index (χ0v) is 13.7. The summed E-state index contributed by atoms with van der Waals surface area (Å²) in [4.78, 5) is 1.18. The number of thioether (sulfide) groups is 1. The molecular weight excluding hydrogens is 257 g/mol. The number of rotatable bonds is 5. The maximum atomic E-state index is 13.4. The Bertz CT molecular complexity index is 410. The van der Waals surface area contributed by atoms with Crippen LogP contribution in [0.1, 0.15) is 47.1 Å². The minimum Gasteiger partial charge on any atom is -0.308 e. The molecule has 0 saturated heterocycles. The maximum absolute atomic E-state index is 13.4. The van der Waals surface area contributed by atoms with Gasteiger partial charge in [-0.2, -0.15) is 0 Å². The summed E-state index contributed by atoms with van der Waals surface area (Å²) < 4.78 is 13.4. The lowest BCUT2D eigenvalue weighted by molar-refractivity contribution is 0.422. The third kappa shape index (κ3) is 5.96. The highest BCUT2D eigenvalue weighted by Crippen LogP contribution is 2.31. The molecule has 3 heteroatoms. The number of nitrogens with one attached hydrogen (secondary N) is 1. The lowest BCUT2D eigenvalue weighted by atomic mass is 10.1. The molecule has 1 nitrogen and oxygen atoms in total. The van der Waals surface area contributed by atoms with Gasteiger partial charge in [0.05, 0.1) is 0 Å². The summed E-state index contributed by atoms with van der Waals surface area (Å²) in [5.41, 5.74) is 1.09. The van der Waals surface area contributed by atoms with E-state index in [9.17, 15) is 4.39 Å². The highest BCUT2D eigenvalue weighted by molar-refractivity contribution is 8.00. The van der Waals surface area contributed by atoms with Crippen molar-refractivity contribution in [2.45, 2.75) is 63.8 Å². The quantitative estimate of drug-likeness (QED) is 0.775. The zero-order chi connectivity index (χ0) is 14.6. The summed E-state index contributed by atoms with van der Waals surface area (Å²) in [6.45, 7) is 13.7. The summed E-state index contributed by atoms with van der Waals surface area (Å²) in [5.74, 6) is 0.450. The van der Waals surface area contributed by atoms with Crippen molar-refractivity contribution >= 4 is 11.8 Å². The Morgan fingerprint density at radius 1 is 1.21 bits per heavy atom. The van der Waals surface area contributed by atoms with Gasteiger partial charge in [0.25, 0.3) is 0 Å². The first-order valence-electron chi connectivity index (χ1n) is 6.89. The lowest BCUT2D eigenvalue weighted by Gasteiger charge is -2.23. The number of benzene rings is 1. The molecule has 0 aliphatic carbocycles. The van der Waals surface area contributed by atoms with Gasteiger partial charge in [0, 0.05) is 22.2 Å². The molecule has 19 heavy (non-hydrogen) atoms. The van der Waals surface area contributed by atoms with Gasteiger partial charge in [-0.25, -0.2) is 4.39 Å². The first-order valence-corrected chi connectivity index (χ1v) is 7.77. The molecule has 108 valence electrons. The SMILES string of the molecule is CC(C)C(C)Sc1ccc(F)cc1CNC(C)(C)C. The minimum absolute atomic E-state index is 0.0396. The van der Waals surface area contributed by atoms with Gasteiger partial charge in [0.1, 0.15) is 5.82 Å². The summed E-state index contributed by atoms with van der Waals surface area (Å²) in [7, 11) is 0. The van der Waals surface area contributed by atoms with Crippen LogP contribution in [0.15, 0.2) is 23.1 Å². The van der Waals surface area contributed by atoms with Crippen LogP contribution >= 0.6 is 11.8 Å². The van der Waals surface area contributed by atoms with E-state index in [-0.39, 0.29) is 11.4 Å². The van der Waals surface area contributed by atoms with Crippen molar-refractivity contribution in [3.63, 3.8) is 0 Å². The van der Waals surface area contributed by atoms with Gasteiger partial charge < -0.3 is 5.32 Å². The average Bonchev–Trinajstić information content (AvgIpc) is 2.28. The van der Waals surface area contributed by atoms with Crippen molar-refractivity contribution in [2.24, 2.45) is 5.92 Å². The Balaban J connectivity index is 2.85. The summed E-state index contributed by atoms with van der Waals surface area (Å²) in [5, 5.41) is 3.95. The van der Waals surface area contributed by atoms with Gasteiger partial charge in [0.2, 0.25) is 0 Å². The minimum atomic E-state index is -0.160. The van der Waals surface area contributed by atoms with Crippen LogP contribution in [0.5, 0.6) is 0 Å². The van der Waals surface area contributed by atoms with E-state index in [4.69, 9.17) is 0 Å². The van der Waals surface area contributed by atoms with Gasteiger partial charge in [-0.05, 0) is 50.5 Å². The molecule has 1 aromatic rings. The molecule has 0 radical (unpaired) electrons. The fraction of sp³-hybridized carbons (Fsp3) is 0.625. The molecule has 1 atom stereocenters. The molecule has 0 bridgehead atoms. The predicted octanol–water partition coefficient (Wildman–Crippen LogP) is 4.85. The predicted molar refractivity (Wildman–Crippen MR) is 83.1 cm³/mol. The van der Waals surface area contributed by atoms with Crippen molar-refractivity contribution in [1.29, 1.82) is 0 Å². The lowest BCUT2D eigenvalue weighted by Crippen LogP contribution is -2.35. The van der Waals surface area contributed by atoms with Crippen molar-refractivity contribution in [3.05, 3.63) is 29.6 Å². The molecule has 0 saturated carbocycles. The Morgan fingerprint density at radius 2 is 1.84 bits per heavy atom. The van der Waals surface area contributed by atoms with Gasteiger partial charge in [-0.1, -0.05) is 20.8 Å². The monoisotopic (exact) mass is 283 g/mol. The van der Waals surface area contributed by atoms with Crippen LogP contribution in [-0.4, -0.2) is 10.8 Å². The molecule has 1 N–H and O–H groups in total. The molecule has 1 aromatic carbocycles. The van der Waals surface area contributed by atoms with Crippen LogP contribution in [-0.2, 0) is 6.54 Å². The average molecular weight is 283 g/mol. The fourth-order valence-corrected chi connectivity index (χ4v) is 2.60. The van der Waals surface area contributed by atoms with Crippen LogP contribution in [0.25, 0.3) is 0 Å². The molecule has 1 unspecified atom stereocenters. The van der Waals surface area contributed by atoms with E-state index in [1.54, 1.807) is 12.1 Å². The standard InChI is InChI=1S/C16H26FNS/c1-11(2)12(3)19-15-8-7-14(17)9-13(15)10-18-16(4,5)6/h7-9,11-12,18H,10H2,1-6H3. The zero-order valence-electron chi connectivity index (χ0n) is 12.9. The second-order valence-electron chi connectivity index (χ2n) is 6.42. The van der Waals surface area contributed by atoms with Gasteiger partial charge >= 0.3 is 0 Å². The van der Waals surface area contributed by atoms with Gasteiger partial charge in [-0.15, -0.1) is 11.8 Å². The largest absolute Gasteiger partial charge is 0.308 e. The Hall–Kier alpha value is -0.540. The van der Waals surface area contributed by atoms with Crippen molar-refractivity contribution in [2.75, 3.05) is 0 Å². The van der Waals surface area contributed by atoms with Crippen LogP contribution in [0.4, 0.5) is 4.39 Å². The van der Waals surface area contributed by atoms with E-state index in [2.05, 4.69) is 46.9 Å². The summed E-state index contributed by atoms with van der Waals surface area (Å²) in [6.07, 6.45) is 0. The van der Waals surface area contributed by atoms with Gasteiger partial charge in [-0.3, -0.25) is 0 Å². The van der Waals surface area contributed by atoms with Gasteiger partial charge in [0.15, 0.2) is 0 Å². The summed E-state index contributed by atoms with van der Waals surface area (Å²) >= 11 is 1.83. The molecule has 0 aromatic heterocycles. The molecule has 1 rings (SSSR count). The second kappa shape index (κ2) is 6.76. The third-order valence-corrected chi connectivity index (χ3v) is 4.65. The molecular formula is C16H26FNS. The first kappa shape index (κ1) is 16.5. The van der Waals surface area contributed by atoms with Crippen LogP contribution in [0.2, 0.25) is 0 Å². The van der Waals surface area contributed by atoms with Crippen LogP contribution in [0, 0.1) is 11.7 Å². The highest BCUT2D eigenvalue weighted by Gasteiger charge is 2.14. The number of halogens is 1. The Morgan fingerprint density at radius 3 is 2.37 bits per heavy atom. The topological polar surface area (TPSA) is 12.0 Å². The van der Waals surface area contributed by atoms with E-state index in [1.807, 2.05) is 17.8 Å². The first-order chi connectivity index (χ1) is 8.69. The summed E-state index contributed by atoms with van der Waals surface area (Å²) in [6, 6.07) is 5.10. The molecule has 0 aliphatic rings.